The Morgan fingerprint density at radius 2 is 1.95 bits per heavy atom. The molecule has 2 N–H and O–H groups in total. The summed E-state index contributed by atoms with van der Waals surface area (Å²) < 4.78 is 5.30. The third-order valence-electron chi connectivity index (χ3n) is 3.07. The van der Waals surface area contributed by atoms with Gasteiger partial charge in [0.1, 0.15) is 0 Å². The van der Waals surface area contributed by atoms with Gasteiger partial charge in [-0.15, -0.1) is 0 Å². The van der Waals surface area contributed by atoms with Gasteiger partial charge >= 0.3 is 5.97 Å². The van der Waals surface area contributed by atoms with Crippen LogP contribution in [0.25, 0.3) is 0 Å². The van der Waals surface area contributed by atoms with Crippen molar-refractivity contribution >= 4 is 5.97 Å². The predicted octanol–water partition coefficient (Wildman–Crippen LogP) is 2.78. The molecule has 0 aliphatic carbocycles. The number of aryl methyl sites for hydroxylation is 1. The highest BCUT2D eigenvalue weighted by atomic mass is 16.5. The molecule has 0 saturated carbocycles. The first-order valence-electron chi connectivity index (χ1n) is 7.04. The minimum atomic E-state index is -0.156. The highest BCUT2D eigenvalue weighted by Crippen LogP contribution is 2.12. The Bertz CT molecular complexity index is 362. The average Bonchev–Trinajstić information content (AvgIpc) is 2.41. The molecule has 1 aromatic rings. The van der Waals surface area contributed by atoms with Crippen molar-refractivity contribution in [3.8, 4) is 0 Å². The Morgan fingerprint density at radius 3 is 2.53 bits per heavy atom. The van der Waals surface area contributed by atoms with Gasteiger partial charge in [-0.2, -0.15) is 0 Å². The molecule has 0 aliphatic heterocycles. The summed E-state index contributed by atoms with van der Waals surface area (Å²) in [7, 11) is 0. The Labute approximate surface area is 116 Å². The first-order valence-corrected chi connectivity index (χ1v) is 7.04. The van der Waals surface area contributed by atoms with Crippen LogP contribution >= 0.6 is 0 Å². The van der Waals surface area contributed by atoms with Gasteiger partial charge in [-0.3, -0.25) is 4.79 Å². The maximum absolute atomic E-state index is 11.8. The topological polar surface area (TPSA) is 52.3 Å². The number of hydrogen-bond donors (Lipinski definition) is 1. The molecular formula is C16H25NO2. The zero-order valence-electron chi connectivity index (χ0n) is 12.0. The monoisotopic (exact) mass is 263 g/mol. The molecular weight excluding hydrogens is 238 g/mol. The fourth-order valence-electron chi connectivity index (χ4n) is 2.07. The van der Waals surface area contributed by atoms with E-state index >= 15 is 0 Å². The SMILES string of the molecule is CC(C)CC(CN)C(=O)OCCCc1ccccc1. The molecule has 0 aliphatic rings. The lowest BCUT2D eigenvalue weighted by Crippen LogP contribution is -2.27. The summed E-state index contributed by atoms with van der Waals surface area (Å²) in [5, 5.41) is 0. The van der Waals surface area contributed by atoms with Crippen LogP contribution in [0.15, 0.2) is 30.3 Å². The summed E-state index contributed by atoms with van der Waals surface area (Å²) in [6.07, 6.45) is 2.59. The number of benzene rings is 1. The van der Waals surface area contributed by atoms with E-state index in [4.69, 9.17) is 10.5 Å². The van der Waals surface area contributed by atoms with E-state index in [9.17, 15) is 4.79 Å². The molecule has 1 unspecified atom stereocenters. The fraction of sp³-hybridized carbons (Fsp3) is 0.562. The van der Waals surface area contributed by atoms with Crippen LogP contribution in [-0.2, 0) is 16.0 Å². The highest BCUT2D eigenvalue weighted by Gasteiger charge is 2.19. The molecule has 3 nitrogen and oxygen atoms in total. The van der Waals surface area contributed by atoms with Gasteiger partial charge in [0.05, 0.1) is 12.5 Å². The van der Waals surface area contributed by atoms with E-state index in [0.717, 1.165) is 19.3 Å². The van der Waals surface area contributed by atoms with Crippen LogP contribution < -0.4 is 5.73 Å². The molecule has 3 heteroatoms. The normalized spacial score (nSPS) is 12.4. The van der Waals surface area contributed by atoms with E-state index in [1.54, 1.807) is 0 Å². The summed E-state index contributed by atoms with van der Waals surface area (Å²) in [6.45, 7) is 5.02. The van der Waals surface area contributed by atoms with Crippen LogP contribution in [0.3, 0.4) is 0 Å². The first kappa shape index (κ1) is 15.7. The number of rotatable bonds is 8. The second-order valence-electron chi connectivity index (χ2n) is 5.32. The molecule has 0 amide bonds. The molecule has 0 spiro atoms. The molecule has 0 radical (unpaired) electrons. The molecule has 0 heterocycles. The van der Waals surface area contributed by atoms with Gasteiger partial charge in [-0.05, 0) is 30.7 Å². The predicted molar refractivity (Wildman–Crippen MR) is 77.7 cm³/mol. The Hall–Kier alpha value is -1.35. The molecule has 0 saturated heterocycles. The van der Waals surface area contributed by atoms with Crippen LogP contribution in [0.2, 0.25) is 0 Å². The Kier molecular flexibility index (Phi) is 7.19. The van der Waals surface area contributed by atoms with Gasteiger partial charge in [0, 0.05) is 6.54 Å². The maximum Gasteiger partial charge on any atom is 0.310 e. The number of carbonyl (C=O) groups is 1. The molecule has 0 fully saturated rings. The van der Waals surface area contributed by atoms with Crippen LogP contribution in [-0.4, -0.2) is 19.1 Å². The molecule has 0 aromatic heterocycles. The second kappa shape index (κ2) is 8.70. The van der Waals surface area contributed by atoms with Gasteiger partial charge in [0.25, 0.3) is 0 Å². The van der Waals surface area contributed by atoms with Gasteiger partial charge in [0.15, 0.2) is 0 Å². The van der Waals surface area contributed by atoms with Crippen molar-refractivity contribution in [2.45, 2.75) is 33.1 Å². The van der Waals surface area contributed by atoms with Crippen molar-refractivity contribution in [3.05, 3.63) is 35.9 Å². The summed E-state index contributed by atoms with van der Waals surface area (Å²) in [5.41, 5.74) is 6.89. The third-order valence-corrected chi connectivity index (χ3v) is 3.07. The molecule has 1 aromatic carbocycles. The van der Waals surface area contributed by atoms with E-state index in [1.165, 1.54) is 5.56 Å². The Morgan fingerprint density at radius 1 is 1.26 bits per heavy atom. The number of carbonyl (C=O) groups excluding carboxylic acids is 1. The van der Waals surface area contributed by atoms with Gasteiger partial charge < -0.3 is 10.5 Å². The van der Waals surface area contributed by atoms with Crippen molar-refractivity contribution in [2.75, 3.05) is 13.2 Å². The van der Waals surface area contributed by atoms with Crippen molar-refractivity contribution < 1.29 is 9.53 Å². The minimum absolute atomic E-state index is 0.149. The maximum atomic E-state index is 11.8. The number of esters is 1. The summed E-state index contributed by atoms with van der Waals surface area (Å²) in [4.78, 5) is 11.8. The largest absolute Gasteiger partial charge is 0.465 e. The molecule has 1 atom stereocenters. The molecule has 0 bridgehead atoms. The lowest BCUT2D eigenvalue weighted by molar-refractivity contribution is -0.148. The Balaban J connectivity index is 2.22. The van der Waals surface area contributed by atoms with Crippen LogP contribution in [0.5, 0.6) is 0 Å². The van der Waals surface area contributed by atoms with E-state index in [-0.39, 0.29) is 11.9 Å². The number of nitrogens with two attached hydrogens (primary N) is 1. The lowest BCUT2D eigenvalue weighted by Gasteiger charge is -2.15. The summed E-state index contributed by atoms with van der Waals surface area (Å²) in [5.74, 6) is 0.159. The minimum Gasteiger partial charge on any atom is -0.465 e. The van der Waals surface area contributed by atoms with Crippen molar-refractivity contribution in [1.29, 1.82) is 0 Å². The number of ether oxygens (including phenoxy) is 1. The van der Waals surface area contributed by atoms with E-state index in [1.807, 2.05) is 18.2 Å². The quantitative estimate of drug-likeness (QED) is 0.579. The van der Waals surface area contributed by atoms with E-state index in [2.05, 4.69) is 26.0 Å². The van der Waals surface area contributed by atoms with Crippen LogP contribution in [0, 0.1) is 11.8 Å². The van der Waals surface area contributed by atoms with Crippen molar-refractivity contribution in [3.63, 3.8) is 0 Å². The summed E-state index contributed by atoms with van der Waals surface area (Å²) in [6, 6.07) is 10.2. The van der Waals surface area contributed by atoms with Crippen LogP contribution in [0.4, 0.5) is 0 Å². The van der Waals surface area contributed by atoms with E-state index in [0.29, 0.717) is 19.1 Å². The van der Waals surface area contributed by atoms with Crippen LogP contribution in [0.1, 0.15) is 32.3 Å². The highest BCUT2D eigenvalue weighted by molar-refractivity contribution is 5.72. The van der Waals surface area contributed by atoms with Gasteiger partial charge in [-0.25, -0.2) is 0 Å². The zero-order valence-corrected chi connectivity index (χ0v) is 12.0. The van der Waals surface area contributed by atoms with E-state index < -0.39 is 0 Å². The lowest BCUT2D eigenvalue weighted by atomic mass is 9.97. The zero-order chi connectivity index (χ0) is 14.1. The first-order chi connectivity index (χ1) is 9.13. The van der Waals surface area contributed by atoms with Crippen molar-refractivity contribution in [2.24, 2.45) is 17.6 Å². The third kappa shape index (κ3) is 6.39. The molecule has 1 rings (SSSR count). The summed E-state index contributed by atoms with van der Waals surface area (Å²) >= 11 is 0. The average molecular weight is 263 g/mol. The fourth-order valence-corrected chi connectivity index (χ4v) is 2.07. The van der Waals surface area contributed by atoms with Gasteiger partial charge in [-0.1, -0.05) is 44.2 Å². The second-order valence-corrected chi connectivity index (χ2v) is 5.32. The molecule has 106 valence electrons. The molecule has 19 heavy (non-hydrogen) atoms. The van der Waals surface area contributed by atoms with Gasteiger partial charge in [0.2, 0.25) is 0 Å². The smallest absolute Gasteiger partial charge is 0.310 e. The standard InChI is InChI=1S/C16H25NO2/c1-13(2)11-15(12-17)16(18)19-10-6-9-14-7-4-3-5-8-14/h3-5,7-8,13,15H,6,9-12,17H2,1-2H3. The number of hydrogen-bond acceptors (Lipinski definition) is 3. The van der Waals surface area contributed by atoms with Crippen molar-refractivity contribution in [1.82, 2.24) is 0 Å².